The monoisotopic (exact) mass is 236 g/mol. The van der Waals surface area contributed by atoms with Gasteiger partial charge in [-0.1, -0.05) is 6.07 Å². The van der Waals surface area contributed by atoms with Crippen molar-refractivity contribution in [2.75, 3.05) is 20.8 Å². The van der Waals surface area contributed by atoms with Crippen LogP contribution in [0.1, 0.15) is 5.56 Å². The fourth-order valence-corrected chi connectivity index (χ4v) is 1.92. The minimum atomic E-state index is -0.101. The SMILES string of the molecule is COc1ccc(C[C@@H]2CNC(=O)N2)cc1OC. The lowest BCUT2D eigenvalue weighted by molar-refractivity contribution is 0.247. The van der Waals surface area contributed by atoms with Gasteiger partial charge in [0.25, 0.3) is 0 Å². The maximum Gasteiger partial charge on any atom is 0.315 e. The van der Waals surface area contributed by atoms with Gasteiger partial charge in [-0.3, -0.25) is 0 Å². The quantitative estimate of drug-likeness (QED) is 0.817. The van der Waals surface area contributed by atoms with E-state index < -0.39 is 0 Å². The molecule has 2 rings (SSSR count). The zero-order chi connectivity index (χ0) is 12.3. The zero-order valence-electron chi connectivity index (χ0n) is 9.95. The second kappa shape index (κ2) is 4.95. The summed E-state index contributed by atoms with van der Waals surface area (Å²) in [6.45, 7) is 0.660. The molecule has 17 heavy (non-hydrogen) atoms. The molecule has 1 aromatic rings. The van der Waals surface area contributed by atoms with Gasteiger partial charge in [0.05, 0.1) is 20.3 Å². The van der Waals surface area contributed by atoms with Crippen LogP contribution in [-0.2, 0) is 6.42 Å². The third-order valence-electron chi connectivity index (χ3n) is 2.77. The first-order valence-corrected chi connectivity index (χ1v) is 5.48. The molecule has 1 heterocycles. The van der Waals surface area contributed by atoms with E-state index in [0.717, 1.165) is 12.0 Å². The number of nitrogens with one attached hydrogen (secondary N) is 2. The molecule has 1 fully saturated rings. The summed E-state index contributed by atoms with van der Waals surface area (Å²) in [5.41, 5.74) is 1.11. The first kappa shape index (κ1) is 11.6. The Labute approximate surface area is 100 Å². The molecule has 1 saturated heterocycles. The fourth-order valence-electron chi connectivity index (χ4n) is 1.92. The van der Waals surface area contributed by atoms with Crippen molar-refractivity contribution in [3.63, 3.8) is 0 Å². The lowest BCUT2D eigenvalue weighted by Gasteiger charge is -2.12. The van der Waals surface area contributed by atoms with E-state index in [-0.39, 0.29) is 12.1 Å². The van der Waals surface area contributed by atoms with Gasteiger partial charge in [0.2, 0.25) is 0 Å². The first-order chi connectivity index (χ1) is 8.22. The van der Waals surface area contributed by atoms with Gasteiger partial charge in [-0.2, -0.15) is 0 Å². The van der Waals surface area contributed by atoms with Gasteiger partial charge in [0.1, 0.15) is 0 Å². The molecule has 1 aliphatic rings. The number of rotatable bonds is 4. The largest absolute Gasteiger partial charge is 0.493 e. The van der Waals surface area contributed by atoms with Crippen LogP contribution in [0.5, 0.6) is 11.5 Å². The van der Waals surface area contributed by atoms with Gasteiger partial charge < -0.3 is 20.1 Å². The number of ether oxygens (including phenoxy) is 2. The van der Waals surface area contributed by atoms with E-state index in [9.17, 15) is 4.79 Å². The highest BCUT2D eigenvalue weighted by atomic mass is 16.5. The van der Waals surface area contributed by atoms with Gasteiger partial charge in [-0.15, -0.1) is 0 Å². The Morgan fingerprint density at radius 1 is 1.29 bits per heavy atom. The molecule has 2 amide bonds. The van der Waals surface area contributed by atoms with Crippen molar-refractivity contribution < 1.29 is 14.3 Å². The molecule has 0 aliphatic carbocycles. The van der Waals surface area contributed by atoms with Crippen molar-refractivity contribution in [2.24, 2.45) is 0 Å². The van der Waals surface area contributed by atoms with Crippen LogP contribution in [0.3, 0.4) is 0 Å². The van der Waals surface area contributed by atoms with E-state index in [0.29, 0.717) is 18.0 Å². The Bertz CT molecular complexity index is 420. The Morgan fingerprint density at radius 3 is 2.65 bits per heavy atom. The number of urea groups is 1. The average Bonchev–Trinajstić information content (AvgIpc) is 2.74. The molecule has 1 aromatic carbocycles. The molecule has 0 saturated carbocycles. The number of carbonyl (C=O) groups excluding carboxylic acids is 1. The zero-order valence-corrected chi connectivity index (χ0v) is 9.95. The number of benzene rings is 1. The highest BCUT2D eigenvalue weighted by Gasteiger charge is 2.20. The number of carbonyl (C=O) groups is 1. The van der Waals surface area contributed by atoms with Crippen molar-refractivity contribution in [3.05, 3.63) is 23.8 Å². The van der Waals surface area contributed by atoms with Crippen LogP contribution < -0.4 is 20.1 Å². The van der Waals surface area contributed by atoms with Crippen LogP contribution in [-0.4, -0.2) is 32.8 Å². The maximum absolute atomic E-state index is 11.0. The van der Waals surface area contributed by atoms with Crippen molar-refractivity contribution in [2.45, 2.75) is 12.5 Å². The predicted octanol–water partition coefficient (Wildman–Crippen LogP) is 0.928. The first-order valence-electron chi connectivity index (χ1n) is 5.48. The molecule has 0 unspecified atom stereocenters. The van der Waals surface area contributed by atoms with E-state index in [1.54, 1.807) is 14.2 Å². The summed E-state index contributed by atoms with van der Waals surface area (Å²) in [5, 5.41) is 5.58. The van der Waals surface area contributed by atoms with E-state index in [4.69, 9.17) is 9.47 Å². The molecular weight excluding hydrogens is 220 g/mol. The Balaban J connectivity index is 2.08. The van der Waals surface area contributed by atoms with E-state index in [1.165, 1.54) is 0 Å². The molecule has 0 aromatic heterocycles. The molecule has 92 valence electrons. The molecule has 1 atom stereocenters. The van der Waals surface area contributed by atoms with Crippen molar-refractivity contribution in [3.8, 4) is 11.5 Å². The molecule has 0 bridgehead atoms. The summed E-state index contributed by atoms with van der Waals surface area (Å²) >= 11 is 0. The molecule has 0 radical (unpaired) electrons. The van der Waals surface area contributed by atoms with Gasteiger partial charge in [0, 0.05) is 6.54 Å². The molecular formula is C12H16N2O3. The summed E-state index contributed by atoms with van der Waals surface area (Å²) in [6, 6.07) is 5.82. The third-order valence-corrected chi connectivity index (χ3v) is 2.77. The minimum Gasteiger partial charge on any atom is -0.493 e. The summed E-state index contributed by atoms with van der Waals surface area (Å²) in [5.74, 6) is 1.42. The number of hydrogen-bond donors (Lipinski definition) is 2. The fraction of sp³-hybridized carbons (Fsp3) is 0.417. The standard InChI is InChI=1S/C12H16N2O3/c1-16-10-4-3-8(6-11(10)17-2)5-9-7-13-12(15)14-9/h3-4,6,9H,5,7H2,1-2H3,(H2,13,14,15)/t9-/m1/s1. The van der Waals surface area contributed by atoms with Crippen LogP contribution in [0, 0.1) is 0 Å². The van der Waals surface area contributed by atoms with Gasteiger partial charge in [0.15, 0.2) is 11.5 Å². The third kappa shape index (κ3) is 2.61. The summed E-state index contributed by atoms with van der Waals surface area (Å²) in [6.07, 6.45) is 0.777. The number of amides is 2. The maximum atomic E-state index is 11.0. The van der Waals surface area contributed by atoms with Crippen molar-refractivity contribution >= 4 is 6.03 Å². The molecule has 2 N–H and O–H groups in total. The molecule has 5 heteroatoms. The van der Waals surface area contributed by atoms with Crippen molar-refractivity contribution in [1.29, 1.82) is 0 Å². The van der Waals surface area contributed by atoms with Crippen LogP contribution in [0.25, 0.3) is 0 Å². The number of hydrogen-bond acceptors (Lipinski definition) is 3. The summed E-state index contributed by atoms with van der Waals surface area (Å²) in [4.78, 5) is 11.0. The van der Waals surface area contributed by atoms with Gasteiger partial charge >= 0.3 is 6.03 Å². The van der Waals surface area contributed by atoms with Crippen LogP contribution in [0.4, 0.5) is 4.79 Å². The lowest BCUT2D eigenvalue weighted by Crippen LogP contribution is -2.28. The second-order valence-corrected chi connectivity index (χ2v) is 3.94. The van der Waals surface area contributed by atoms with Crippen LogP contribution >= 0.6 is 0 Å². The predicted molar refractivity (Wildman–Crippen MR) is 63.6 cm³/mol. The van der Waals surface area contributed by atoms with Gasteiger partial charge in [-0.25, -0.2) is 4.79 Å². The van der Waals surface area contributed by atoms with E-state index in [1.807, 2.05) is 18.2 Å². The highest BCUT2D eigenvalue weighted by molar-refractivity contribution is 5.76. The minimum absolute atomic E-state index is 0.101. The highest BCUT2D eigenvalue weighted by Crippen LogP contribution is 2.28. The molecule has 0 spiro atoms. The topological polar surface area (TPSA) is 59.6 Å². The van der Waals surface area contributed by atoms with Crippen LogP contribution in [0.15, 0.2) is 18.2 Å². The molecule has 1 aliphatic heterocycles. The van der Waals surface area contributed by atoms with Crippen LogP contribution in [0.2, 0.25) is 0 Å². The Hall–Kier alpha value is -1.91. The van der Waals surface area contributed by atoms with E-state index >= 15 is 0 Å². The lowest BCUT2D eigenvalue weighted by atomic mass is 10.1. The van der Waals surface area contributed by atoms with Gasteiger partial charge in [-0.05, 0) is 24.1 Å². The normalized spacial score (nSPS) is 18.5. The smallest absolute Gasteiger partial charge is 0.315 e. The number of methoxy groups -OCH3 is 2. The Morgan fingerprint density at radius 2 is 2.06 bits per heavy atom. The van der Waals surface area contributed by atoms with E-state index in [2.05, 4.69) is 10.6 Å². The summed E-state index contributed by atoms with van der Waals surface area (Å²) in [7, 11) is 3.22. The average molecular weight is 236 g/mol. The van der Waals surface area contributed by atoms with Crippen molar-refractivity contribution in [1.82, 2.24) is 10.6 Å². The molecule has 5 nitrogen and oxygen atoms in total. The second-order valence-electron chi connectivity index (χ2n) is 3.94. The summed E-state index contributed by atoms with van der Waals surface area (Å²) < 4.78 is 10.4. The Kier molecular flexibility index (Phi) is 3.37.